The first kappa shape index (κ1) is 9.45. The highest BCUT2D eigenvalue weighted by Gasteiger charge is 2.02. The number of carbonyl (C=O) groups is 2. The number of thiol groups is 1. The van der Waals surface area contributed by atoms with E-state index in [0.29, 0.717) is 12.0 Å². The van der Waals surface area contributed by atoms with E-state index in [2.05, 4.69) is 23.5 Å². The van der Waals surface area contributed by atoms with Crippen LogP contribution in [0.3, 0.4) is 0 Å². The zero-order valence-electron chi connectivity index (χ0n) is 5.63. The zero-order chi connectivity index (χ0) is 7.98. The highest BCUT2D eigenvalue weighted by molar-refractivity contribution is 7.80. The minimum Gasteiger partial charge on any atom is -0.302 e. The number of hydrogen-bond acceptors (Lipinski definition) is 4. The van der Waals surface area contributed by atoms with Crippen molar-refractivity contribution in [3.63, 3.8) is 0 Å². The van der Waals surface area contributed by atoms with Gasteiger partial charge < -0.3 is 4.79 Å². The molecule has 5 heteroatoms. The molecule has 0 saturated heterocycles. The molecule has 0 aliphatic heterocycles. The van der Waals surface area contributed by atoms with Crippen molar-refractivity contribution in [2.45, 2.75) is 13.0 Å². The molecule has 0 heterocycles. The van der Waals surface area contributed by atoms with Crippen molar-refractivity contribution in [2.75, 3.05) is 5.75 Å². The molecule has 1 amide bonds. The van der Waals surface area contributed by atoms with Gasteiger partial charge in [-0.3, -0.25) is 10.2 Å². The van der Waals surface area contributed by atoms with Gasteiger partial charge in [-0.2, -0.15) is 12.6 Å². The van der Waals surface area contributed by atoms with Gasteiger partial charge in [0, 0.05) is 12.7 Å². The predicted octanol–water partition coefficient (Wildman–Crippen LogP) is -0.876. The molecule has 0 bridgehead atoms. The Morgan fingerprint density at radius 2 is 2.40 bits per heavy atom. The quantitative estimate of drug-likeness (QED) is 0.286. The van der Waals surface area contributed by atoms with Crippen molar-refractivity contribution in [3.05, 3.63) is 0 Å². The third-order valence-electron chi connectivity index (χ3n) is 0.795. The Morgan fingerprint density at radius 1 is 1.80 bits per heavy atom. The maximum atomic E-state index is 10.3. The fraction of sp³-hybridized carbons (Fsp3) is 0.600. The van der Waals surface area contributed by atoms with Crippen LogP contribution in [0.1, 0.15) is 6.92 Å². The van der Waals surface area contributed by atoms with Crippen LogP contribution in [-0.2, 0) is 9.59 Å². The number of nitrogens with one attached hydrogen (secondary N) is 2. The monoisotopic (exact) mass is 162 g/mol. The molecule has 2 N–H and O–H groups in total. The number of hydrogen-bond donors (Lipinski definition) is 3. The minimum atomic E-state index is -0.410. The molecule has 1 unspecified atom stereocenters. The van der Waals surface area contributed by atoms with Crippen molar-refractivity contribution >= 4 is 24.8 Å². The van der Waals surface area contributed by atoms with E-state index < -0.39 is 6.04 Å². The van der Waals surface area contributed by atoms with Gasteiger partial charge in [-0.25, -0.2) is 5.43 Å². The summed E-state index contributed by atoms with van der Waals surface area (Å²) in [6.45, 7) is 1.35. The molecule has 0 aromatic heterocycles. The third kappa shape index (κ3) is 4.34. The summed E-state index contributed by atoms with van der Waals surface area (Å²) in [5.41, 5.74) is 4.75. The maximum absolute atomic E-state index is 10.3. The standard InChI is InChI=1S/C5H10N2O2S/c1-4(9)6-7-5(2-8)3-10/h2,5,7,10H,3H2,1H3,(H,6,9). The van der Waals surface area contributed by atoms with Gasteiger partial charge in [0.2, 0.25) is 5.91 Å². The van der Waals surface area contributed by atoms with Crippen LogP contribution in [0.25, 0.3) is 0 Å². The number of aldehydes is 1. The fourth-order valence-corrected chi connectivity index (χ4v) is 0.494. The van der Waals surface area contributed by atoms with E-state index in [4.69, 9.17) is 0 Å². The van der Waals surface area contributed by atoms with Gasteiger partial charge in [-0.1, -0.05) is 0 Å². The normalized spacial score (nSPS) is 12.2. The number of carbonyl (C=O) groups excluding carboxylic acids is 2. The molecule has 4 nitrogen and oxygen atoms in total. The Kier molecular flexibility index (Phi) is 4.96. The summed E-state index contributed by atoms with van der Waals surface area (Å²) in [5, 5.41) is 0. The number of hydrazine groups is 1. The summed E-state index contributed by atoms with van der Waals surface area (Å²) in [6.07, 6.45) is 0.683. The van der Waals surface area contributed by atoms with Crippen molar-refractivity contribution in [2.24, 2.45) is 0 Å². The van der Waals surface area contributed by atoms with E-state index in [1.165, 1.54) is 6.92 Å². The van der Waals surface area contributed by atoms with Crippen LogP contribution in [0.15, 0.2) is 0 Å². The van der Waals surface area contributed by atoms with Crippen molar-refractivity contribution in [3.8, 4) is 0 Å². The molecule has 0 aliphatic rings. The highest BCUT2D eigenvalue weighted by Crippen LogP contribution is 1.79. The summed E-state index contributed by atoms with van der Waals surface area (Å²) in [4.78, 5) is 20.4. The van der Waals surface area contributed by atoms with Crippen molar-refractivity contribution in [1.29, 1.82) is 0 Å². The molecule has 0 aromatic carbocycles. The van der Waals surface area contributed by atoms with Crippen LogP contribution >= 0.6 is 12.6 Å². The van der Waals surface area contributed by atoms with Crippen LogP contribution in [0.2, 0.25) is 0 Å². The molecule has 0 aromatic rings. The van der Waals surface area contributed by atoms with Crippen molar-refractivity contribution < 1.29 is 9.59 Å². The molecule has 0 fully saturated rings. The highest BCUT2D eigenvalue weighted by atomic mass is 32.1. The van der Waals surface area contributed by atoms with E-state index >= 15 is 0 Å². The Labute approximate surface area is 64.7 Å². The zero-order valence-corrected chi connectivity index (χ0v) is 6.52. The van der Waals surface area contributed by atoms with Gasteiger partial charge in [0.15, 0.2) is 0 Å². The van der Waals surface area contributed by atoms with Crippen LogP contribution in [0.4, 0.5) is 0 Å². The van der Waals surface area contributed by atoms with Gasteiger partial charge >= 0.3 is 0 Å². The minimum absolute atomic E-state index is 0.228. The summed E-state index contributed by atoms with van der Waals surface area (Å²) in [5.74, 6) is 0.137. The first-order valence-electron chi connectivity index (χ1n) is 2.79. The van der Waals surface area contributed by atoms with Gasteiger partial charge in [0.25, 0.3) is 0 Å². The molecular formula is C5H10N2O2S. The van der Waals surface area contributed by atoms with Crippen LogP contribution in [0, 0.1) is 0 Å². The van der Waals surface area contributed by atoms with E-state index in [9.17, 15) is 9.59 Å². The molecule has 58 valence electrons. The van der Waals surface area contributed by atoms with Gasteiger partial charge in [-0.05, 0) is 0 Å². The van der Waals surface area contributed by atoms with E-state index in [0.717, 1.165) is 0 Å². The first-order valence-corrected chi connectivity index (χ1v) is 3.42. The molecule has 0 saturated carbocycles. The first-order chi connectivity index (χ1) is 4.70. The van der Waals surface area contributed by atoms with Gasteiger partial charge in [0.1, 0.15) is 6.29 Å². The van der Waals surface area contributed by atoms with Crippen LogP contribution in [-0.4, -0.2) is 24.0 Å². The largest absolute Gasteiger partial charge is 0.302 e. The van der Waals surface area contributed by atoms with Crippen LogP contribution < -0.4 is 10.9 Å². The fourth-order valence-electron chi connectivity index (χ4n) is 0.317. The lowest BCUT2D eigenvalue weighted by atomic mass is 10.4. The topological polar surface area (TPSA) is 58.2 Å². The number of rotatable bonds is 4. The average Bonchev–Trinajstić information content (AvgIpc) is 1.90. The predicted molar refractivity (Wildman–Crippen MR) is 40.7 cm³/mol. The Morgan fingerprint density at radius 3 is 2.70 bits per heavy atom. The molecule has 1 atom stereocenters. The van der Waals surface area contributed by atoms with Gasteiger partial charge in [0.05, 0.1) is 6.04 Å². The molecule has 10 heavy (non-hydrogen) atoms. The lowest BCUT2D eigenvalue weighted by Crippen LogP contribution is -2.45. The summed E-state index contributed by atoms with van der Waals surface area (Å²) < 4.78 is 0. The average molecular weight is 162 g/mol. The smallest absolute Gasteiger partial charge is 0.230 e. The Balaban J connectivity index is 3.44. The number of amides is 1. The Bertz CT molecular complexity index is 129. The second-order valence-electron chi connectivity index (χ2n) is 1.75. The summed E-state index contributed by atoms with van der Waals surface area (Å²) in [7, 11) is 0. The van der Waals surface area contributed by atoms with Crippen molar-refractivity contribution in [1.82, 2.24) is 10.9 Å². The second kappa shape index (κ2) is 5.25. The molecular weight excluding hydrogens is 152 g/mol. The third-order valence-corrected chi connectivity index (χ3v) is 1.19. The SMILES string of the molecule is CC(=O)NNC(C=O)CS. The lowest BCUT2D eigenvalue weighted by Gasteiger charge is -2.08. The maximum Gasteiger partial charge on any atom is 0.230 e. The van der Waals surface area contributed by atoms with E-state index in [1.807, 2.05) is 0 Å². The Hall–Kier alpha value is -0.550. The lowest BCUT2D eigenvalue weighted by molar-refractivity contribution is -0.120. The van der Waals surface area contributed by atoms with Crippen LogP contribution in [0.5, 0.6) is 0 Å². The molecule has 0 spiro atoms. The summed E-state index contributed by atoms with van der Waals surface area (Å²) in [6, 6.07) is -0.410. The second-order valence-corrected chi connectivity index (χ2v) is 2.12. The molecule has 0 aliphatic carbocycles. The van der Waals surface area contributed by atoms with Gasteiger partial charge in [-0.15, -0.1) is 0 Å². The summed E-state index contributed by atoms with van der Waals surface area (Å²) >= 11 is 3.85. The molecule has 0 radical (unpaired) electrons. The molecule has 0 rings (SSSR count). The van der Waals surface area contributed by atoms with E-state index in [-0.39, 0.29) is 5.91 Å². The van der Waals surface area contributed by atoms with E-state index in [1.54, 1.807) is 0 Å².